The van der Waals surface area contributed by atoms with Crippen LogP contribution in [0.2, 0.25) is 0 Å². The molecule has 0 spiro atoms. The molecule has 0 aliphatic rings. The van der Waals surface area contributed by atoms with Gasteiger partial charge in [0.25, 0.3) is 0 Å². The summed E-state index contributed by atoms with van der Waals surface area (Å²) in [6.07, 6.45) is 6.17. The molecule has 2 heterocycles. The first-order valence-electron chi connectivity index (χ1n) is 5.70. The Kier molecular flexibility index (Phi) is 6.73. The predicted molar refractivity (Wildman–Crippen MR) is 65.4 cm³/mol. The van der Waals surface area contributed by atoms with E-state index < -0.39 is 12.4 Å². The molecule has 0 saturated carbocycles. The molecule has 0 amide bonds. The molecule has 0 aliphatic heterocycles. The SMILES string of the molecule is Cn1cc(CCOc2cncc([B-](F)(F)F)c2)cn1.[K+]. The molecule has 2 aromatic rings. The maximum absolute atomic E-state index is 12.5. The zero-order valence-corrected chi connectivity index (χ0v) is 14.4. The van der Waals surface area contributed by atoms with Crippen molar-refractivity contribution in [2.45, 2.75) is 6.42 Å². The van der Waals surface area contributed by atoms with Crippen LogP contribution in [0.4, 0.5) is 12.9 Å². The molecule has 2 aromatic heterocycles. The van der Waals surface area contributed by atoms with Gasteiger partial charge in [-0.1, -0.05) is 5.46 Å². The number of ether oxygens (including phenoxy) is 1. The van der Waals surface area contributed by atoms with Crippen LogP contribution in [0.5, 0.6) is 5.75 Å². The number of aromatic nitrogens is 3. The van der Waals surface area contributed by atoms with E-state index in [4.69, 9.17) is 4.74 Å². The first-order valence-corrected chi connectivity index (χ1v) is 5.70. The van der Waals surface area contributed by atoms with Gasteiger partial charge in [0.15, 0.2) is 0 Å². The predicted octanol–water partition coefficient (Wildman–Crippen LogP) is -1.50. The van der Waals surface area contributed by atoms with Gasteiger partial charge in [-0.25, -0.2) is 0 Å². The molecule has 0 radical (unpaired) electrons. The van der Waals surface area contributed by atoms with E-state index >= 15 is 0 Å². The molecule has 0 saturated heterocycles. The monoisotopic (exact) mass is 309 g/mol. The fourth-order valence-electron chi connectivity index (χ4n) is 1.58. The summed E-state index contributed by atoms with van der Waals surface area (Å²) in [4.78, 5) is 3.54. The van der Waals surface area contributed by atoms with Gasteiger partial charge >= 0.3 is 58.4 Å². The number of pyridine rings is 1. The van der Waals surface area contributed by atoms with Crippen LogP contribution < -0.4 is 61.6 Å². The van der Waals surface area contributed by atoms with E-state index in [0.29, 0.717) is 6.42 Å². The van der Waals surface area contributed by atoms with Gasteiger partial charge in [-0.3, -0.25) is 9.67 Å². The summed E-state index contributed by atoms with van der Waals surface area (Å²) >= 11 is 0. The largest absolute Gasteiger partial charge is 1.00 e. The fraction of sp³-hybridized carbons (Fsp3) is 0.273. The molecule has 0 atom stereocenters. The Bertz CT molecular complexity index is 562. The van der Waals surface area contributed by atoms with Gasteiger partial charge in [-0.2, -0.15) is 5.10 Å². The van der Waals surface area contributed by atoms with Crippen molar-refractivity contribution in [2.75, 3.05) is 6.61 Å². The van der Waals surface area contributed by atoms with Gasteiger partial charge in [0.05, 0.1) is 19.0 Å². The summed E-state index contributed by atoms with van der Waals surface area (Å²) in [7, 11) is 1.79. The Labute approximate surface area is 157 Å². The fourth-order valence-corrected chi connectivity index (χ4v) is 1.58. The van der Waals surface area contributed by atoms with E-state index in [0.717, 1.165) is 17.8 Å². The van der Waals surface area contributed by atoms with Crippen LogP contribution in [0, 0.1) is 0 Å². The van der Waals surface area contributed by atoms with E-state index in [2.05, 4.69) is 10.1 Å². The van der Waals surface area contributed by atoms with Crippen molar-refractivity contribution >= 4 is 12.4 Å². The maximum atomic E-state index is 12.5. The summed E-state index contributed by atoms with van der Waals surface area (Å²) in [6.45, 7) is -4.76. The minimum absolute atomic E-state index is 0. The third kappa shape index (κ3) is 5.21. The first kappa shape index (κ1) is 17.7. The van der Waals surface area contributed by atoms with Gasteiger partial charge < -0.3 is 17.7 Å². The maximum Gasteiger partial charge on any atom is 1.00 e. The van der Waals surface area contributed by atoms with Gasteiger partial charge in [0, 0.05) is 25.9 Å². The molecule has 0 unspecified atom stereocenters. The Balaban J connectivity index is 0.00000200. The van der Waals surface area contributed by atoms with E-state index in [-0.39, 0.29) is 63.7 Å². The number of hydrogen-bond donors (Lipinski definition) is 0. The van der Waals surface area contributed by atoms with Crippen LogP contribution in [0.15, 0.2) is 30.9 Å². The smallest absolute Gasteiger partial charge is 0.492 e. The third-order valence-electron chi connectivity index (χ3n) is 2.53. The van der Waals surface area contributed by atoms with E-state index in [1.807, 2.05) is 6.20 Å². The number of aryl methyl sites for hydroxylation is 1. The number of halogens is 3. The van der Waals surface area contributed by atoms with Crippen molar-refractivity contribution < 1.29 is 69.1 Å². The van der Waals surface area contributed by atoms with Gasteiger partial charge in [-0.05, 0) is 11.6 Å². The van der Waals surface area contributed by atoms with Crippen LogP contribution in [0.1, 0.15) is 5.56 Å². The quantitative estimate of drug-likeness (QED) is 0.631. The van der Waals surface area contributed by atoms with Gasteiger partial charge in [0.1, 0.15) is 5.75 Å². The summed E-state index contributed by atoms with van der Waals surface area (Å²) < 4.78 is 44.5. The second kappa shape index (κ2) is 7.60. The summed E-state index contributed by atoms with van der Waals surface area (Å²) in [5, 5.41) is 3.99. The molecule has 0 aromatic carbocycles. The second-order valence-corrected chi connectivity index (χ2v) is 4.15. The summed E-state index contributed by atoms with van der Waals surface area (Å²) in [6, 6.07) is 0.968. The van der Waals surface area contributed by atoms with Crippen molar-refractivity contribution in [3.8, 4) is 5.75 Å². The molecule has 0 aliphatic carbocycles. The molecule has 0 fully saturated rings. The van der Waals surface area contributed by atoms with Crippen LogP contribution >= 0.6 is 0 Å². The average molecular weight is 309 g/mol. The normalized spacial score (nSPS) is 11.0. The zero-order valence-electron chi connectivity index (χ0n) is 11.3. The second-order valence-electron chi connectivity index (χ2n) is 4.15. The molecular weight excluding hydrogens is 297 g/mol. The first-order chi connectivity index (χ1) is 8.95. The molecule has 9 heteroatoms. The van der Waals surface area contributed by atoms with Gasteiger partial charge in [-0.15, -0.1) is 0 Å². The molecule has 4 nitrogen and oxygen atoms in total. The molecule has 2 rings (SSSR count). The van der Waals surface area contributed by atoms with Crippen LogP contribution in [0.3, 0.4) is 0 Å². The summed E-state index contributed by atoms with van der Waals surface area (Å²) in [5.74, 6) is 0.126. The van der Waals surface area contributed by atoms with Crippen molar-refractivity contribution in [1.29, 1.82) is 0 Å². The average Bonchev–Trinajstić information content (AvgIpc) is 2.74. The van der Waals surface area contributed by atoms with Crippen LogP contribution in [-0.4, -0.2) is 28.3 Å². The Hall–Kier alpha value is -0.349. The molecule has 102 valence electrons. The van der Waals surface area contributed by atoms with E-state index in [1.165, 1.54) is 6.20 Å². The molecular formula is C11H12BF3KN3O. The summed E-state index contributed by atoms with van der Waals surface area (Å²) in [5.41, 5.74) is 0.213. The minimum Gasteiger partial charge on any atom is -0.492 e. The van der Waals surface area contributed by atoms with Crippen LogP contribution in [-0.2, 0) is 13.5 Å². The van der Waals surface area contributed by atoms with Crippen LogP contribution in [0.25, 0.3) is 0 Å². The van der Waals surface area contributed by atoms with E-state index in [9.17, 15) is 12.9 Å². The number of rotatable bonds is 5. The number of nitrogens with zero attached hydrogens (tertiary/aromatic N) is 3. The molecule has 0 N–H and O–H groups in total. The molecule has 0 bridgehead atoms. The standard InChI is InChI=1S/C11H12BF3N3O.K/c1-18-8-9(5-17-18)2-3-19-11-4-10(6-16-7-11)12(13,14)15;/h4-8H,2-3H2,1H3;/q-1;+1. The molecule has 20 heavy (non-hydrogen) atoms. The van der Waals surface area contributed by atoms with Crippen molar-refractivity contribution in [1.82, 2.24) is 14.8 Å². The van der Waals surface area contributed by atoms with Crippen molar-refractivity contribution in [2.24, 2.45) is 7.05 Å². The third-order valence-corrected chi connectivity index (χ3v) is 2.53. The Morgan fingerprint density at radius 1 is 1.25 bits per heavy atom. The number of hydrogen-bond acceptors (Lipinski definition) is 3. The zero-order chi connectivity index (χ0) is 13.9. The topological polar surface area (TPSA) is 39.9 Å². The Morgan fingerprint density at radius 3 is 2.60 bits per heavy atom. The Morgan fingerprint density at radius 2 is 2.00 bits per heavy atom. The van der Waals surface area contributed by atoms with Gasteiger partial charge in [0.2, 0.25) is 0 Å². The van der Waals surface area contributed by atoms with E-state index in [1.54, 1.807) is 17.9 Å². The van der Waals surface area contributed by atoms with Crippen molar-refractivity contribution in [3.05, 3.63) is 36.4 Å². The minimum atomic E-state index is -5.04. The van der Waals surface area contributed by atoms with Crippen molar-refractivity contribution in [3.63, 3.8) is 0 Å².